The predicted molar refractivity (Wildman–Crippen MR) is 66.9 cm³/mol. The van der Waals surface area contributed by atoms with Crippen molar-refractivity contribution in [3.63, 3.8) is 0 Å². The summed E-state index contributed by atoms with van der Waals surface area (Å²) in [5.74, 6) is 1.35. The van der Waals surface area contributed by atoms with Crippen molar-refractivity contribution in [2.45, 2.75) is 13.8 Å². The average molecular weight is 287 g/mol. The third kappa shape index (κ3) is 3.52. The quantitative estimate of drug-likeness (QED) is 0.596. The van der Waals surface area contributed by atoms with Crippen molar-refractivity contribution in [3.8, 4) is 11.5 Å². The van der Waals surface area contributed by atoms with Crippen LogP contribution in [0.3, 0.4) is 0 Å². The average Bonchev–Trinajstić information content (AvgIpc) is 2.28. The van der Waals surface area contributed by atoms with Gasteiger partial charge in [0.1, 0.15) is 11.5 Å². The topological polar surface area (TPSA) is 35.5 Å². The normalized spacial score (nSPS) is 9.94. The number of Topliss-reactive ketones (excluding diaryl/α,β-unsaturated/α-hetero) is 1. The molecule has 0 aliphatic carbocycles. The van der Waals surface area contributed by atoms with Crippen LogP contribution < -0.4 is 9.47 Å². The Morgan fingerprint density at radius 2 is 1.62 bits per heavy atom. The molecule has 0 unspecified atom stereocenters. The maximum Gasteiger partial charge on any atom is 0.173 e. The lowest BCUT2D eigenvalue weighted by atomic mass is 10.1. The van der Waals surface area contributed by atoms with Gasteiger partial charge in [-0.2, -0.15) is 0 Å². The highest BCUT2D eigenvalue weighted by molar-refractivity contribution is 9.09. The smallest absolute Gasteiger partial charge is 0.173 e. The van der Waals surface area contributed by atoms with Gasteiger partial charge in [0, 0.05) is 11.6 Å². The van der Waals surface area contributed by atoms with E-state index in [0.717, 1.165) is 0 Å². The fraction of sp³-hybridized carbons (Fsp3) is 0.417. The van der Waals surface area contributed by atoms with Crippen molar-refractivity contribution in [3.05, 3.63) is 23.8 Å². The van der Waals surface area contributed by atoms with Gasteiger partial charge in [-0.15, -0.1) is 0 Å². The van der Waals surface area contributed by atoms with Crippen LogP contribution in [0, 0.1) is 0 Å². The Hall–Kier alpha value is -1.03. The first-order valence-electron chi connectivity index (χ1n) is 5.21. The first-order valence-corrected chi connectivity index (χ1v) is 6.33. The molecule has 0 atom stereocenters. The van der Waals surface area contributed by atoms with Gasteiger partial charge in [-0.3, -0.25) is 4.79 Å². The maximum absolute atomic E-state index is 11.6. The fourth-order valence-electron chi connectivity index (χ4n) is 1.31. The van der Waals surface area contributed by atoms with Gasteiger partial charge in [-0.05, 0) is 26.0 Å². The highest BCUT2D eigenvalue weighted by Gasteiger charge is 2.08. The predicted octanol–water partition coefficient (Wildman–Crippen LogP) is 3.06. The van der Waals surface area contributed by atoms with Crippen molar-refractivity contribution in [2.75, 3.05) is 18.5 Å². The molecule has 88 valence electrons. The molecule has 0 amide bonds. The molecular formula is C12H15BrO3. The van der Waals surface area contributed by atoms with E-state index in [9.17, 15) is 4.79 Å². The summed E-state index contributed by atoms with van der Waals surface area (Å²) in [6, 6.07) is 5.25. The van der Waals surface area contributed by atoms with Crippen LogP contribution in [0.1, 0.15) is 24.2 Å². The Morgan fingerprint density at radius 1 is 1.12 bits per heavy atom. The van der Waals surface area contributed by atoms with Crippen LogP contribution in [0.5, 0.6) is 11.5 Å². The molecule has 0 N–H and O–H groups in total. The number of hydrogen-bond acceptors (Lipinski definition) is 3. The fourth-order valence-corrected chi connectivity index (χ4v) is 1.63. The van der Waals surface area contributed by atoms with Gasteiger partial charge < -0.3 is 9.47 Å². The number of carbonyl (C=O) groups is 1. The van der Waals surface area contributed by atoms with Crippen molar-refractivity contribution >= 4 is 21.7 Å². The van der Waals surface area contributed by atoms with Crippen LogP contribution in [-0.4, -0.2) is 24.3 Å². The Balaban J connectivity index is 3.02. The lowest BCUT2D eigenvalue weighted by Gasteiger charge is -2.09. The standard InChI is InChI=1S/C12H15BrO3/c1-3-15-10-5-9(12(14)8-13)6-11(7-10)16-4-2/h5-7H,3-4,8H2,1-2H3. The second kappa shape index (κ2) is 6.53. The minimum atomic E-state index is 0.0162. The number of alkyl halides is 1. The van der Waals surface area contributed by atoms with Crippen LogP contribution in [-0.2, 0) is 0 Å². The highest BCUT2D eigenvalue weighted by Crippen LogP contribution is 2.23. The summed E-state index contributed by atoms with van der Waals surface area (Å²) in [5, 5.41) is 0.300. The van der Waals surface area contributed by atoms with Crippen molar-refractivity contribution < 1.29 is 14.3 Å². The second-order valence-corrected chi connectivity index (χ2v) is 3.68. The molecular weight excluding hydrogens is 272 g/mol. The van der Waals surface area contributed by atoms with Crippen LogP contribution in [0.4, 0.5) is 0 Å². The molecule has 0 saturated heterocycles. The number of halogens is 1. The first kappa shape index (κ1) is 13.0. The molecule has 0 aliphatic rings. The van der Waals surface area contributed by atoms with E-state index in [2.05, 4.69) is 15.9 Å². The Kier molecular flexibility index (Phi) is 5.32. The number of ether oxygens (including phenoxy) is 2. The number of rotatable bonds is 6. The third-order valence-electron chi connectivity index (χ3n) is 1.95. The molecule has 1 rings (SSSR count). The van der Waals surface area contributed by atoms with E-state index in [-0.39, 0.29) is 5.78 Å². The zero-order valence-corrected chi connectivity index (χ0v) is 11.0. The summed E-state index contributed by atoms with van der Waals surface area (Å²) in [6.45, 7) is 4.94. The molecule has 0 saturated carbocycles. The highest BCUT2D eigenvalue weighted by atomic mass is 79.9. The molecule has 0 aromatic heterocycles. The summed E-state index contributed by atoms with van der Waals surface area (Å²) in [7, 11) is 0. The molecule has 0 radical (unpaired) electrons. The van der Waals surface area contributed by atoms with Gasteiger partial charge in [0.15, 0.2) is 5.78 Å². The number of carbonyl (C=O) groups excluding carboxylic acids is 1. The maximum atomic E-state index is 11.6. The van der Waals surface area contributed by atoms with Gasteiger partial charge >= 0.3 is 0 Å². The minimum Gasteiger partial charge on any atom is -0.494 e. The van der Waals surface area contributed by atoms with E-state index in [0.29, 0.717) is 35.6 Å². The molecule has 0 spiro atoms. The van der Waals surface area contributed by atoms with Gasteiger partial charge in [-0.1, -0.05) is 15.9 Å². The molecule has 0 bridgehead atoms. The third-order valence-corrected chi connectivity index (χ3v) is 2.45. The Bertz CT molecular complexity index is 339. The Morgan fingerprint density at radius 3 is 2.00 bits per heavy atom. The van der Waals surface area contributed by atoms with Crippen molar-refractivity contribution in [2.24, 2.45) is 0 Å². The van der Waals surface area contributed by atoms with Crippen molar-refractivity contribution in [1.82, 2.24) is 0 Å². The number of benzene rings is 1. The second-order valence-electron chi connectivity index (χ2n) is 3.12. The lowest BCUT2D eigenvalue weighted by molar-refractivity contribution is 0.102. The van der Waals surface area contributed by atoms with Gasteiger partial charge in [0.25, 0.3) is 0 Å². The van der Waals surface area contributed by atoms with E-state index < -0.39 is 0 Å². The number of ketones is 1. The van der Waals surface area contributed by atoms with E-state index in [1.807, 2.05) is 13.8 Å². The van der Waals surface area contributed by atoms with Gasteiger partial charge in [0.05, 0.1) is 18.5 Å². The molecule has 0 fully saturated rings. The Labute approximate surface area is 104 Å². The summed E-state index contributed by atoms with van der Waals surface area (Å²) in [5.41, 5.74) is 0.603. The van der Waals surface area contributed by atoms with Gasteiger partial charge in [0.2, 0.25) is 0 Å². The van der Waals surface area contributed by atoms with E-state index in [1.165, 1.54) is 0 Å². The lowest BCUT2D eigenvalue weighted by Crippen LogP contribution is -2.03. The molecule has 0 aliphatic heterocycles. The van der Waals surface area contributed by atoms with E-state index >= 15 is 0 Å². The zero-order chi connectivity index (χ0) is 12.0. The monoisotopic (exact) mass is 286 g/mol. The SMILES string of the molecule is CCOc1cc(OCC)cc(C(=O)CBr)c1. The number of hydrogen-bond donors (Lipinski definition) is 0. The molecule has 16 heavy (non-hydrogen) atoms. The molecule has 1 aromatic rings. The molecule has 4 heteroatoms. The first-order chi connectivity index (χ1) is 7.71. The van der Waals surface area contributed by atoms with Crippen LogP contribution >= 0.6 is 15.9 Å². The van der Waals surface area contributed by atoms with Crippen LogP contribution in [0.15, 0.2) is 18.2 Å². The van der Waals surface area contributed by atoms with Crippen molar-refractivity contribution in [1.29, 1.82) is 0 Å². The van der Waals surface area contributed by atoms with E-state index in [4.69, 9.17) is 9.47 Å². The molecule has 0 heterocycles. The summed E-state index contributed by atoms with van der Waals surface area (Å²) >= 11 is 3.15. The summed E-state index contributed by atoms with van der Waals surface area (Å²) in [6.07, 6.45) is 0. The minimum absolute atomic E-state index is 0.0162. The summed E-state index contributed by atoms with van der Waals surface area (Å²) < 4.78 is 10.8. The van der Waals surface area contributed by atoms with Gasteiger partial charge in [-0.25, -0.2) is 0 Å². The van der Waals surface area contributed by atoms with E-state index in [1.54, 1.807) is 18.2 Å². The van der Waals surface area contributed by atoms with Crippen LogP contribution in [0.2, 0.25) is 0 Å². The largest absolute Gasteiger partial charge is 0.494 e. The zero-order valence-electron chi connectivity index (χ0n) is 9.46. The molecule has 1 aromatic carbocycles. The summed E-state index contributed by atoms with van der Waals surface area (Å²) in [4.78, 5) is 11.6. The molecule has 3 nitrogen and oxygen atoms in total. The van der Waals surface area contributed by atoms with Crippen LogP contribution in [0.25, 0.3) is 0 Å².